The second-order valence-corrected chi connectivity index (χ2v) is 5.57. The molecule has 0 aliphatic carbocycles. The summed E-state index contributed by atoms with van der Waals surface area (Å²) in [5, 5.41) is 3.15. The number of anilines is 2. The number of carbonyl (C=O) groups excluding carboxylic acids is 2. The predicted molar refractivity (Wildman–Crippen MR) is 72.8 cm³/mol. The molecule has 3 rings (SSSR count). The molecule has 2 aromatic heterocycles. The summed E-state index contributed by atoms with van der Waals surface area (Å²) in [5.74, 6) is 1.65. The van der Waals surface area contributed by atoms with Crippen LogP contribution in [0.5, 0.6) is 0 Å². The van der Waals surface area contributed by atoms with Crippen LogP contribution in [0.4, 0.5) is 11.4 Å². The molecule has 0 spiro atoms. The van der Waals surface area contributed by atoms with Gasteiger partial charge in [0, 0.05) is 26.0 Å². The smallest absolute Gasteiger partial charge is 0.195 e. The van der Waals surface area contributed by atoms with Crippen molar-refractivity contribution in [3.8, 4) is 0 Å². The fraction of sp³-hybridized carbons (Fsp3) is 0.333. The molecule has 1 aliphatic heterocycles. The minimum Gasteiger partial charge on any atom is -0.455 e. The summed E-state index contributed by atoms with van der Waals surface area (Å²) in [5.41, 5.74) is 0.935. The summed E-state index contributed by atoms with van der Waals surface area (Å²) < 4.78 is 11.3. The normalized spacial score (nSPS) is 15.2. The van der Waals surface area contributed by atoms with E-state index in [1.54, 1.807) is 12.1 Å². The molecule has 0 radical (unpaired) electrons. The van der Waals surface area contributed by atoms with Crippen molar-refractivity contribution in [1.29, 1.82) is 0 Å². The first kappa shape index (κ1) is 12.7. The molecule has 5 nitrogen and oxygen atoms in total. The molecule has 104 valence electrons. The summed E-state index contributed by atoms with van der Waals surface area (Å²) in [6.45, 7) is 6.80. The van der Waals surface area contributed by atoms with E-state index in [-0.39, 0.29) is 11.6 Å². The van der Waals surface area contributed by atoms with Crippen LogP contribution in [-0.2, 0) is 5.41 Å². The summed E-state index contributed by atoms with van der Waals surface area (Å²) in [7, 11) is 0. The van der Waals surface area contributed by atoms with Crippen LogP contribution in [0, 0.1) is 0 Å². The van der Waals surface area contributed by atoms with Gasteiger partial charge in [0.2, 0.25) is 0 Å². The first-order valence-electron chi connectivity index (χ1n) is 6.38. The van der Waals surface area contributed by atoms with Gasteiger partial charge in [0.15, 0.2) is 23.1 Å². The van der Waals surface area contributed by atoms with E-state index in [0.29, 0.717) is 23.0 Å². The molecule has 0 saturated carbocycles. The third-order valence-electron chi connectivity index (χ3n) is 3.56. The number of furan rings is 2. The van der Waals surface area contributed by atoms with E-state index in [1.807, 2.05) is 13.8 Å². The maximum atomic E-state index is 11.4. The monoisotopic (exact) mass is 273 g/mol. The zero-order chi connectivity index (χ0) is 14.7. The summed E-state index contributed by atoms with van der Waals surface area (Å²) >= 11 is 0. The molecule has 2 aromatic rings. The van der Waals surface area contributed by atoms with Crippen LogP contribution in [-0.4, -0.2) is 11.6 Å². The highest BCUT2D eigenvalue weighted by atomic mass is 16.4. The van der Waals surface area contributed by atoms with Crippen molar-refractivity contribution >= 4 is 22.9 Å². The van der Waals surface area contributed by atoms with Gasteiger partial charge < -0.3 is 14.2 Å². The minimum absolute atomic E-state index is 0.127. The SMILES string of the molecule is CC(=O)c1cc2c(o1)C(C)(C)c1oc(C(C)=O)cc1N2. The fourth-order valence-corrected chi connectivity index (χ4v) is 2.49. The third-order valence-corrected chi connectivity index (χ3v) is 3.56. The predicted octanol–water partition coefficient (Wildman–Crippen LogP) is 3.66. The number of hydrogen-bond acceptors (Lipinski definition) is 5. The van der Waals surface area contributed by atoms with Gasteiger partial charge in [-0.15, -0.1) is 0 Å². The topological polar surface area (TPSA) is 72.5 Å². The van der Waals surface area contributed by atoms with Gasteiger partial charge in [0.05, 0.1) is 16.8 Å². The van der Waals surface area contributed by atoms with Crippen LogP contribution in [0.1, 0.15) is 60.3 Å². The Bertz CT molecular complexity index is 673. The first-order chi connectivity index (χ1) is 9.30. The zero-order valence-electron chi connectivity index (χ0n) is 11.8. The Morgan fingerprint density at radius 1 is 0.950 bits per heavy atom. The number of ketones is 2. The Labute approximate surface area is 115 Å². The minimum atomic E-state index is -0.544. The van der Waals surface area contributed by atoms with Gasteiger partial charge in [-0.25, -0.2) is 0 Å². The number of Topliss-reactive ketones (excluding diaryl/α,β-unsaturated/α-hetero) is 2. The zero-order valence-corrected chi connectivity index (χ0v) is 11.8. The lowest BCUT2D eigenvalue weighted by Crippen LogP contribution is -2.23. The van der Waals surface area contributed by atoms with Crippen LogP contribution >= 0.6 is 0 Å². The molecule has 0 amide bonds. The molecular weight excluding hydrogens is 258 g/mol. The maximum absolute atomic E-state index is 11.4. The van der Waals surface area contributed by atoms with Gasteiger partial charge in [-0.2, -0.15) is 0 Å². The van der Waals surface area contributed by atoms with Gasteiger partial charge >= 0.3 is 0 Å². The second-order valence-electron chi connectivity index (χ2n) is 5.57. The highest BCUT2D eigenvalue weighted by molar-refractivity contribution is 5.95. The number of nitrogens with one attached hydrogen (secondary N) is 1. The number of hydrogen-bond donors (Lipinski definition) is 1. The fourth-order valence-electron chi connectivity index (χ4n) is 2.49. The van der Waals surface area contributed by atoms with E-state index in [1.165, 1.54) is 13.8 Å². The van der Waals surface area contributed by atoms with Gasteiger partial charge in [-0.1, -0.05) is 0 Å². The summed E-state index contributed by atoms with van der Waals surface area (Å²) in [6.07, 6.45) is 0. The molecule has 0 bridgehead atoms. The molecule has 1 N–H and O–H groups in total. The number of carbonyl (C=O) groups is 2. The molecule has 0 aromatic carbocycles. The maximum Gasteiger partial charge on any atom is 0.195 e. The average molecular weight is 273 g/mol. The summed E-state index contributed by atoms with van der Waals surface area (Å²) in [4.78, 5) is 22.9. The molecule has 5 heteroatoms. The van der Waals surface area contributed by atoms with Crippen molar-refractivity contribution in [2.45, 2.75) is 33.1 Å². The van der Waals surface area contributed by atoms with E-state index in [0.717, 1.165) is 11.4 Å². The second kappa shape index (κ2) is 3.85. The van der Waals surface area contributed by atoms with Crippen molar-refractivity contribution in [1.82, 2.24) is 0 Å². The molecule has 3 heterocycles. The lowest BCUT2D eigenvalue weighted by molar-refractivity contribution is 0.0980. The summed E-state index contributed by atoms with van der Waals surface area (Å²) in [6, 6.07) is 3.37. The van der Waals surface area contributed by atoms with Crippen molar-refractivity contribution < 1.29 is 18.4 Å². The highest BCUT2D eigenvalue weighted by Crippen LogP contribution is 2.47. The molecular formula is C15H15NO4. The van der Waals surface area contributed by atoms with E-state index < -0.39 is 5.41 Å². The lowest BCUT2D eigenvalue weighted by Gasteiger charge is -2.27. The van der Waals surface area contributed by atoms with E-state index >= 15 is 0 Å². The molecule has 1 aliphatic rings. The van der Waals surface area contributed by atoms with Crippen LogP contribution in [0.2, 0.25) is 0 Å². The molecule has 0 unspecified atom stereocenters. The Morgan fingerprint density at radius 2 is 1.35 bits per heavy atom. The van der Waals surface area contributed by atoms with Gasteiger partial charge in [0.1, 0.15) is 11.5 Å². The van der Waals surface area contributed by atoms with Crippen LogP contribution in [0.15, 0.2) is 21.0 Å². The van der Waals surface area contributed by atoms with Gasteiger partial charge in [-0.05, 0) is 13.8 Å². The Hall–Kier alpha value is -2.30. The third kappa shape index (κ3) is 1.62. The van der Waals surface area contributed by atoms with Crippen molar-refractivity contribution in [2.24, 2.45) is 0 Å². The quantitative estimate of drug-likeness (QED) is 0.845. The van der Waals surface area contributed by atoms with Gasteiger partial charge in [-0.3, -0.25) is 9.59 Å². The molecule has 20 heavy (non-hydrogen) atoms. The van der Waals surface area contributed by atoms with Crippen molar-refractivity contribution in [3.05, 3.63) is 35.2 Å². The van der Waals surface area contributed by atoms with Crippen LogP contribution < -0.4 is 5.32 Å². The number of rotatable bonds is 2. The largest absolute Gasteiger partial charge is 0.455 e. The standard InChI is InChI=1S/C15H15NO4/c1-7(17)11-5-9-13(19-11)15(3,4)14-10(16-9)6-12(20-14)8(2)18/h5-6,16H,1-4H3. The van der Waals surface area contributed by atoms with E-state index in [2.05, 4.69) is 5.32 Å². The van der Waals surface area contributed by atoms with Crippen LogP contribution in [0.3, 0.4) is 0 Å². The van der Waals surface area contributed by atoms with Crippen LogP contribution in [0.25, 0.3) is 0 Å². The Kier molecular flexibility index (Phi) is 2.45. The van der Waals surface area contributed by atoms with Gasteiger partial charge in [0.25, 0.3) is 0 Å². The molecule has 0 saturated heterocycles. The first-order valence-corrected chi connectivity index (χ1v) is 6.38. The molecule has 0 fully saturated rings. The Balaban J connectivity index is 2.16. The van der Waals surface area contributed by atoms with Crippen molar-refractivity contribution in [3.63, 3.8) is 0 Å². The van der Waals surface area contributed by atoms with E-state index in [9.17, 15) is 9.59 Å². The number of fused-ring (bicyclic) bond motifs is 2. The van der Waals surface area contributed by atoms with Crippen molar-refractivity contribution in [2.75, 3.05) is 5.32 Å². The highest BCUT2D eigenvalue weighted by Gasteiger charge is 2.40. The average Bonchev–Trinajstić information content (AvgIpc) is 2.93. The van der Waals surface area contributed by atoms with E-state index in [4.69, 9.17) is 8.83 Å². The molecule has 0 atom stereocenters. The Morgan fingerprint density at radius 3 is 1.70 bits per heavy atom. The lowest BCUT2D eigenvalue weighted by atomic mass is 9.83.